The van der Waals surface area contributed by atoms with E-state index in [9.17, 15) is 0 Å². The summed E-state index contributed by atoms with van der Waals surface area (Å²) in [5.41, 5.74) is 6.00. The van der Waals surface area contributed by atoms with Gasteiger partial charge < -0.3 is 11.1 Å². The predicted molar refractivity (Wildman–Crippen MR) is 67.3 cm³/mol. The Morgan fingerprint density at radius 2 is 2.28 bits per heavy atom. The topological polar surface area (TPSA) is 81.1 Å². The molecule has 18 heavy (non-hydrogen) atoms. The van der Waals surface area contributed by atoms with E-state index in [0.717, 1.165) is 30.9 Å². The molecule has 6 nitrogen and oxygen atoms in total. The van der Waals surface area contributed by atoms with Crippen LogP contribution in [-0.2, 0) is 0 Å². The van der Waals surface area contributed by atoms with E-state index in [0.29, 0.717) is 12.0 Å². The van der Waals surface area contributed by atoms with Gasteiger partial charge in [0, 0.05) is 12.0 Å². The van der Waals surface area contributed by atoms with Crippen LogP contribution in [-0.4, -0.2) is 33.2 Å². The molecule has 4 atom stereocenters. The lowest BCUT2D eigenvalue weighted by Crippen LogP contribution is -2.32. The summed E-state index contributed by atoms with van der Waals surface area (Å²) < 4.78 is 2.22. The van der Waals surface area contributed by atoms with Crippen molar-refractivity contribution < 1.29 is 0 Å². The van der Waals surface area contributed by atoms with Gasteiger partial charge in [-0.25, -0.2) is 0 Å². The Labute approximate surface area is 105 Å². The van der Waals surface area contributed by atoms with E-state index < -0.39 is 0 Å². The zero-order valence-corrected chi connectivity index (χ0v) is 10.0. The quantitative estimate of drug-likeness (QED) is 0.744. The molecular formula is C12H16N6. The van der Waals surface area contributed by atoms with E-state index in [4.69, 9.17) is 5.73 Å². The van der Waals surface area contributed by atoms with Crippen LogP contribution in [0.4, 0.5) is 0 Å². The molecule has 1 fully saturated rings. The molecule has 3 aliphatic rings. The third kappa shape index (κ3) is 1.35. The van der Waals surface area contributed by atoms with Crippen LogP contribution < -0.4 is 11.1 Å². The largest absolute Gasteiger partial charge is 0.368 e. The lowest BCUT2D eigenvalue weighted by molar-refractivity contribution is 0.442. The number of nitrogens with two attached hydrogens (primary N) is 1. The minimum absolute atomic E-state index is 0.0994. The molecule has 3 heterocycles. The van der Waals surface area contributed by atoms with Crippen LogP contribution in [0.25, 0.3) is 0 Å². The van der Waals surface area contributed by atoms with E-state index in [2.05, 4.69) is 31.1 Å². The molecule has 94 valence electrons. The molecule has 3 N–H and O–H groups in total. The molecule has 6 heteroatoms. The molecule has 0 saturated heterocycles. The lowest BCUT2D eigenvalue weighted by Gasteiger charge is -2.24. The second-order valence-corrected chi connectivity index (χ2v) is 5.30. The summed E-state index contributed by atoms with van der Waals surface area (Å²) in [4.78, 5) is 4.44. The molecular weight excluding hydrogens is 228 g/mol. The van der Waals surface area contributed by atoms with Crippen LogP contribution in [0.15, 0.2) is 17.3 Å². The van der Waals surface area contributed by atoms with E-state index in [-0.39, 0.29) is 12.2 Å². The van der Waals surface area contributed by atoms with E-state index in [1.807, 2.05) is 12.4 Å². The van der Waals surface area contributed by atoms with Gasteiger partial charge in [-0.15, -0.1) is 10.2 Å². The summed E-state index contributed by atoms with van der Waals surface area (Å²) in [6, 6.07) is 0.528. The predicted octanol–water partition coefficient (Wildman–Crippen LogP) is 0.289. The molecule has 1 saturated carbocycles. The zero-order valence-electron chi connectivity index (χ0n) is 10.0. The number of hydrogen-bond acceptors (Lipinski definition) is 5. The lowest BCUT2D eigenvalue weighted by atomic mass is 10.1. The highest BCUT2D eigenvalue weighted by atomic mass is 15.3. The molecule has 0 radical (unpaired) electrons. The highest BCUT2D eigenvalue weighted by Crippen LogP contribution is 2.36. The van der Waals surface area contributed by atoms with E-state index in [1.54, 1.807) is 0 Å². The van der Waals surface area contributed by atoms with Crippen LogP contribution in [0.1, 0.15) is 42.9 Å². The summed E-state index contributed by atoms with van der Waals surface area (Å²) in [6.45, 7) is 0. The normalized spacial score (nSPS) is 36.5. The highest BCUT2D eigenvalue weighted by Gasteiger charge is 2.35. The Bertz CT molecular complexity index is 531. The molecule has 0 amide bonds. The molecule has 2 unspecified atom stereocenters. The van der Waals surface area contributed by atoms with Crippen molar-refractivity contribution in [2.24, 2.45) is 10.7 Å². The number of hydrogen-bond donors (Lipinski definition) is 2. The fourth-order valence-corrected chi connectivity index (χ4v) is 3.20. The molecule has 0 bridgehead atoms. The second kappa shape index (κ2) is 3.65. The number of nitrogens with zero attached hydrogens (tertiary/aromatic N) is 4. The van der Waals surface area contributed by atoms with Crippen LogP contribution in [0, 0.1) is 0 Å². The van der Waals surface area contributed by atoms with Crippen LogP contribution in [0.5, 0.6) is 0 Å². The highest BCUT2D eigenvalue weighted by molar-refractivity contribution is 5.76. The van der Waals surface area contributed by atoms with Crippen LogP contribution in [0.3, 0.4) is 0 Å². The first-order valence-electron chi connectivity index (χ1n) is 6.49. The summed E-state index contributed by atoms with van der Waals surface area (Å²) in [5, 5.41) is 11.9. The number of aromatic nitrogens is 3. The van der Waals surface area contributed by atoms with Gasteiger partial charge in [0.25, 0.3) is 0 Å². The third-order valence-electron chi connectivity index (χ3n) is 4.12. The van der Waals surface area contributed by atoms with Crippen molar-refractivity contribution in [3.63, 3.8) is 0 Å². The second-order valence-electron chi connectivity index (χ2n) is 5.30. The van der Waals surface area contributed by atoms with Gasteiger partial charge in [0.15, 0.2) is 5.82 Å². The van der Waals surface area contributed by atoms with Gasteiger partial charge in [0.2, 0.25) is 0 Å². The summed E-state index contributed by atoms with van der Waals surface area (Å²) in [5.74, 6) is 2.38. The Morgan fingerprint density at radius 1 is 1.33 bits per heavy atom. The minimum atomic E-state index is 0.0994. The minimum Gasteiger partial charge on any atom is -0.368 e. The van der Waals surface area contributed by atoms with Crippen molar-refractivity contribution in [1.82, 2.24) is 20.1 Å². The van der Waals surface area contributed by atoms with Gasteiger partial charge in [-0.3, -0.25) is 9.56 Å². The van der Waals surface area contributed by atoms with Gasteiger partial charge in [-0.2, -0.15) is 0 Å². The van der Waals surface area contributed by atoms with Gasteiger partial charge in [-0.1, -0.05) is 0 Å². The zero-order chi connectivity index (χ0) is 12.1. The Morgan fingerprint density at radius 3 is 3.11 bits per heavy atom. The SMILES string of the molecule is N[C@H]1CC[C@@H](c2nnc3n2C2C=CNC2N=C3)C1. The number of fused-ring (bicyclic) bond motifs is 3. The van der Waals surface area contributed by atoms with E-state index in [1.165, 1.54) is 0 Å². The fraction of sp³-hybridized carbons (Fsp3) is 0.583. The van der Waals surface area contributed by atoms with Crippen molar-refractivity contribution in [1.29, 1.82) is 0 Å². The number of nitrogens with one attached hydrogen (secondary N) is 1. The smallest absolute Gasteiger partial charge is 0.175 e. The van der Waals surface area contributed by atoms with Crippen molar-refractivity contribution in [2.75, 3.05) is 0 Å². The maximum absolute atomic E-state index is 6.00. The van der Waals surface area contributed by atoms with Gasteiger partial charge in [0.1, 0.15) is 12.0 Å². The standard InChI is InChI=1S/C12H16N6/c13-8-2-1-7(5-8)12-17-16-10-6-15-11-9(18(10)12)3-4-14-11/h3-4,6-9,11,14H,1-2,5,13H2/t7-,8+,9?,11?/m1/s1. The van der Waals surface area contributed by atoms with Crippen molar-refractivity contribution in [3.8, 4) is 0 Å². The molecule has 0 aromatic carbocycles. The van der Waals surface area contributed by atoms with Crippen molar-refractivity contribution in [2.45, 2.75) is 43.4 Å². The first-order valence-corrected chi connectivity index (χ1v) is 6.49. The van der Waals surface area contributed by atoms with Crippen LogP contribution >= 0.6 is 0 Å². The van der Waals surface area contributed by atoms with Gasteiger partial charge in [0.05, 0.1) is 12.3 Å². The average Bonchev–Trinajstić information content (AvgIpc) is 3.03. The molecule has 1 aliphatic carbocycles. The van der Waals surface area contributed by atoms with Gasteiger partial charge >= 0.3 is 0 Å². The Balaban J connectivity index is 1.76. The molecule has 4 rings (SSSR count). The maximum atomic E-state index is 6.00. The number of rotatable bonds is 1. The molecule has 1 aromatic rings. The Kier molecular flexibility index (Phi) is 2.08. The van der Waals surface area contributed by atoms with Gasteiger partial charge in [-0.05, 0) is 31.5 Å². The first kappa shape index (κ1) is 10.3. The summed E-state index contributed by atoms with van der Waals surface area (Å²) >= 11 is 0. The monoisotopic (exact) mass is 244 g/mol. The average molecular weight is 244 g/mol. The molecule has 1 aromatic heterocycles. The maximum Gasteiger partial charge on any atom is 0.175 e. The summed E-state index contributed by atoms with van der Waals surface area (Å²) in [7, 11) is 0. The fourth-order valence-electron chi connectivity index (χ4n) is 3.20. The Hall–Kier alpha value is -1.69. The van der Waals surface area contributed by atoms with E-state index >= 15 is 0 Å². The molecule has 0 spiro atoms. The van der Waals surface area contributed by atoms with Crippen LogP contribution in [0.2, 0.25) is 0 Å². The van der Waals surface area contributed by atoms with Crippen molar-refractivity contribution in [3.05, 3.63) is 23.9 Å². The number of aliphatic imine (C=N–C) groups is 1. The van der Waals surface area contributed by atoms with Crippen molar-refractivity contribution >= 4 is 6.21 Å². The first-order chi connectivity index (χ1) is 8.83. The molecule has 2 aliphatic heterocycles. The third-order valence-corrected chi connectivity index (χ3v) is 4.12. The summed E-state index contributed by atoms with van der Waals surface area (Å²) in [6.07, 6.45) is 9.23.